The van der Waals surface area contributed by atoms with E-state index in [-0.39, 0.29) is 31.9 Å². The van der Waals surface area contributed by atoms with Crippen molar-refractivity contribution in [2.75, 3.05) is 13.1 Å². The predicted octanol–water partition coefficient (Wildman–Crippen LogP) is -0.316. The molecule has 0 radical (unpaired) electrons. The minimum atomic E-state index is -1.74. The Kier molecular flexibility index (Phi) is 10.2. The molecule has 1 fully saturated rings. The molecule has 3 amide bonds. The molecule has 224 valence electrons. The lowest BCUT2D eigenvalue weighted by Crippen LogP contribution is -2.57. The van der Waals surface area contributed by atoms with Crippen LogP contribution in [-0.2, 0) is 41.7 Å². The lowest BCUT2D eigenvalue weighted by molar-refractivity contribution is -0.175. The number of carboxylic acids is 1. The Morgan fingerprint density at radius 1 is 1.02 bits per heavy atom. The molecule has 2 aliphatic rings. The summed E-state index contributed by atoms with van der Waals surface area (Å²) in [7, 11) is 0. The van der Waals surface area contributed by atoms with Gasteiger partial charge in [-0.05, 0) is 45.2 Å². The van der Waals surface area contributed by atoms with E-state index in [2.05, 4.69) is 5.32 Å². The molecule has 0 bridgehead atoms. The van der Waals surface area contributed by atoms with Gasteiger partial charge in [0, 0.05) is 30.7 Å². The van der Waals surface area contributed by atoms with Gasteiger partial charge in [0.1, 0.15) is 37.2 Å². The number of carboxylic acid groups (broad SMARTS) is 1. The summed E-state index contributed by atoms with van der Waals surface area (Å²) in [5.41, 5.74) is 0.425. The number of carbonyl (C=O) groups is 5. The summed E-state index contributed by atoms with van der Waals surface area (Å²) in [6.45, 7) is 4.79. The number of aryl methyl sites for hydroxylation is 1. The van der Waals surface area contributed by atoms with Crippen LogP contribution in [0.2, 0.25) is 0 Å². The van der Waals surface area contributed by atoms with Crippen LogP contribution in [0.5, 0.6) is 5.75 Å². The number of amides is 3. The lowest BCUT2D eigenvalue weighted by Gasteiger charge is -2.38. The summed E-state index contributed by atoms with van der Waals surface area (Å²) in [5.74, 6) is -4.56. The monoisotopic (exact) mass is 576 g/mol. The SMILES string of the molecule is CC(C)(C)C(=O)OCc1ccc(CCCNC(=O)CN2C(=O)C=CC2=O)cc1O[C@@H]1C[C@H](C(=O)O)[C@@H](O)[C@H](O)[C@H]1O. The number of carbonyl (C=O) groups excluding carboxylic acids is 4. The molecule has 13 heteroatoms. The normalized spacial score (nSPS) is 24.3. The van der Waals surface area contributed by atoms with Crippen LogP contribution >= 0.6 is 0 Å². The van der Waals surface area contributed by atoms with Gasteiger partial charge in [0.25, 0.3) is 11.8 Å². The molecular weight excluding hydrogens is 540 g/mol. The van der Waals surface area contributed by atoms with Gasteiger partial charge < -0.3 is 35.2 Å². The maximum atomic E-state index is 12.3. The van der Waals surface area contributed by atoms with E-state index < -0.39 is 65.4 Å². The van der Waals surface area contributed by atoms with Crippen molar-refractivity contribution in [3.05, 3.63) is 41.5 Å². The summed E-state index contributed by atoms with van der Waals surface area (Å²) in [4.78, 5) is 60.1. The van der Waals surface area contributed by atoms with Gasteiger partial charge >= 0.3 is 11.9 Å². The van der Waals surface area contributed by atoms with Crippen LogP contribution in [0, 0.1) is 11.3 Å². The molecule has 0 spiro atoms. The minimum Gasteiger partial charge on any atom is -0.487 e. The second kappa shape index (κ2) is 13.2. The zero-order valence-electron chi connectivity index (χ0n) is 23.1. The van der Waals surface area contributed by atoms with Crippen LogP contribution in [0.1, 0.15) is 44.7 Å². The minimum absolute atomic E-state index is 0.166. The van der Waals surface area contributed by atoms with E-state index in [0.717, 1.165) is 22.6 Å². The third kappa shape index (κ3) is 8.12. The van der Waals surface area contributed by atoms with Gasteiger partial charge in [0.05, 0.1) is 17.4 Å². The Bertz CT molecular complexity index is 1190. The van der Waals surface area contributed by atoms with Gasteiger partial charge in [-0.3, -0.25) is 28.9 Å². The second-order valence-corrected chi connectivity index (χ2v) is 11.1. The summed E-state index contributed by atoms with van der Waals surface area (Å²) in [5, 5.41) is 42.9. The first-order valence-corrected chi connectivity index (χ1v) is 13.2. The first kappa shape index (κ1) is 31.7. The smallest absolute Gasteiger partial charge is 0.311 e. The zero-order valence-corrected chi connectivity index (χ0v) is 23.1. The molecule has 0 saturated heterocycles. The number of esters is 1. The maximum Gasteiger partial charge on any atom is 0.311 e. The molecule has 0 unspecified atom stereocenters. The lowest BCUT2D eigenvalue weighted by atomic mass is 9.80. The fourth-order valence-corrected chi connectivity index (χ4v) is 4.37. The Hall–Kier alpha value is -3.81. The fourth-order valence-electron chi connectivity index (χ4n) is 4.37. The number of imide groups is 1. The highest BCUT2D eigenvalue weighted by Gasteiger charge is 2.47. The summed E-state index contributed by atoms with van der Waals surface area (Å²) in [6, 6.07) is 5.05. The number of hydrogen-bond donors (Lipinski definition) is 5. The Morgan fingerprint density at radius 2 is 1.68 bits per heavy atom. The molecule has 1 aliphatic carbocycles. The van der Waals surface area contributed by atoms with Gasteiger partial charge in [-0.2, -0.15) is 0 Å². The summed E-state index contributed by atoms with van der Waals surface area (Å²) in [6.07, 6.45) is -3.32. The van der Waals surface area contributed by atoms with Crippen LogP contribution in [0.4, 0.5) is 0 Å². The molecule has 1 aromatic carbocycles. The predicted molar refractivity (Wildman–Crippen MR) is 141 cm³/mol. The standard InChI is InChI=1S/C28H36N2O11/c1-28(2,3)27(39)40-14-16-7-6-15(5-4-10-29-20(31)13-30-21(32)8-9-22(30)33)11-18(16)41-19-12-17(26(37)38)23(34)25(36)24(19)35/h6-9,11,17,19,23-25,34-36H,4-5,10,12-14H2,1-3H3,(H,29,31)(H,37,38)/t17-,19+,23+,24-,25-/m0/s1. The number of aliphatic carboxylic acids is 1. The first-order chi connectivity index (χ1) is 19.2. The average molecular weight is 577 g/mol. The number of aliphatic hydroxyl groups excluding tert-OH is 3. The number of benzene rings is 1. The van der Waals surface area contributed by atoms with E-state index in [1.807, 2.05) is 0 Å². The quantitative estimate of drug-likeness (QED) is 0.131. The van der Waals surface area contributed by atoms with Crippen molar-refractivity contribution in [1.29, 1.82) is 0 Å². The van der Waals surface area contributed by atoms with Crippen LogP contribution in [0.15, 0.2) is 30.4 Å². The third-order valence-corrected chi connectivity index (χ3v) is 6.84. The molecule has 1 aliphatic heterocycles. The summed E-state index contributed by atoms with van der Waals surface area (Å²) < 4.78 is 11.4. The number of nitrogens with one attached hydrogen (secondary N) is 1. The summed E-state index contributed by atoms with van der Waals surface area (Å²) >= 11 is 0. The van der Waals surface area contributed by atoms with Gasteiger partial charge in [-0.15, -0.1) is 0 Å². The van der Waals surface area contributed by atoms with Gasteiger partial charge in [-0.1, -0.05) is 12.1 Å². The van der Waals surface area contributed by atoms with Crippen LogP contribution in [-0.4, -0.2) is 92.5 Å². The van der Waals surface area contributed by atoms with Gasteiger partial charge in [-0.25, -0.2) is 0 Å². The van der Waals surface area contributed by atoms with Crippen LogP contribution in [0.3, 0.4) is 0 Å². The first-order valence-electron chi connectivity index (χ1n) is 13.2. The van der Waals surface area contributed by atoms with Crippen molar-refractivity contribution in [2.24, 2.45) is 11.3 Å². The van der Waals surface area contributed by atoms with Crippen molar-refractivity contribution < 1.29 is 53.9 Å². The molecule has 41 heavy (non-hydrogen) atoms. The van der Waals surface area contributed by atoms with Crippen molar-refractivity contribution in [2.45, 2.75) is 71.1 Å². The number of rotatable bonds is 11. The topological polar surface area (TPSA) is 200 Å². The number of nitrogens with zero attached hydrogens (tertiary/aromatic N) is 1. The van der Waals surface area contributed by atoms with Crippen molar-refractivity contribution in [3.8, 4) is 5.75 Å². The Morgan fingerprint density at radius 3 is 2.29 bits per heavy atom. The second-order valence-electron chi connectivity index (χ2n) is 11.1. The molecule has 5 N–H and O–H groups in total. The molecule has 1 aromatic rings. The van der Waals surface area contributed by atoms with Gasteiger partial charge in [0.2, 0.25) is 5.91 Å². The van der Waals surface area contributed by atoms with Crippen molar-refractivity contribution in [1.82, 2.24) is 10.2 Å². The van der Waals surface area contributed by atoms with E-state index in [1.54, 1.807) is 39.0 Å². The van der Waals surface area contributed by atoms with Crippen LogP contribution < -0.4 is 10.1 Å². The molecular formula is C28H36N2O11. The highest BCUT2D eigenvalue weighted by Crippen LogP contribution is 2.32. The highest BCUT2D eigenvalue weighted by atomic mass is 16.5. The Labute approximate surface area is 236 Å². The number of hydrogen-bond acceptors (Lipinski definition) is 10. The largest absolute Gasteiger partial charge is 0.487 e. The number of aliphatic hydroxyl groups is 3. The highest BCUT2D eigenvalue weighted by molar-refractivity contribution is 6.14. The molecule has 3 rings (SSSR count). The molecule has 1 heterocycles. The van der Waals surface area contributed by atoms with E-state index in [4.69, 9.17) is 9.47 Å². The van der Waals surface area contributed by atoms with E-state index in [1.165, 1.54) is 0 Å². The third-order valence-electron chi connectivity index (χ3n) is 6.84. The Balaban J connectivity index is 1.68. The zero-order chi connectivity index (χ0) is 30.5. The molecule has 1 saturated carbocycles. The number of ether oxygens (including phenoxy) is 2. The average Bonchev–Trinajstić information content (AvgIpc) is 3.21. The van der Waals surface area contributed by atoms with E-state index in [0.29, 0.717) is 18.4 Å². The van der Waals surface area contributed by atoms with Crippen molar-refractivity contribution in [3.63, 3.8) is 0 Å². The van der Waals surface area contributed by atoms with Gasteiger partial charge in [0.15, 0.2) is 0 Å². The van der Waals surface area contributed by atoms with Crippen LogP contribution in [0.25, 0.3) is 0 Å². The maximum absolute atomic E-state index is 12.3. The molecule has 13 nitrogen and oxygen atoms in total. The van der Waals surface area contributed by atoms with E-state index in [9.17, 15) is 44.4 Å². The van der Waals surface area contributed by atoms with Crippen molar-refractivity contribution >= 4 is 29.7 Å². The molecule has 0 aromatic heterocycles. The fraction of sp³-hybridized carbons (Fsp3) is 0.536. The van der Waals surface area contributed by atoms with E-state index >= 15 is 0 Å². The molecule has 5 atom stereocenters.